The molecule has 2 aromatic carbocycles. The molecule has 0 aliphatic carbocycles. The Balaban J connectivity index is 2.41. The molecule has 4 nitrogen and oxygen atoms in total. The Morgan fingerprint density at radius 3 is 2.74 bits per heavy atom. The molecule has 0 atom stereocenters. The number of nitrogens with two attached hydrogens (primary N) is 1. The molecule has 0 aliphatic heterocycles. The zero-order valence-corrected chi connectivity index (χ0v) is 10.5. The molecule has 0 amide bonds. The number of fused-ring (bicyclic) bond motifs is 1. The average Bonchev–Trinajstić information content (AvgIpc) is 2.74. The van der Waals surface area contributed by atoms with Crippen molar-refractivity contribution >= 4 is 17.0 Å². The SMILES string of the molecule is Cc1cccc(-n2c(N)nc3ccccc32)c1C#N. The minimum absolute atomic E-state index is 0.392. The van der Waals surface area contributed by atoms with Gasteiger partial charge in [0.2, 0.25) is 5.95 Å². The van der Waals surface area contributed by atoms with Crippen molar-refractivity contribution in [3.8, 4) is 11.8 Å². The van der Waals surface area contributed by atoms with Crippen LogP contribution in [0.15, 0.2) is 42.5 Å². The van der Waals surface area contributed by atoms with Gasteiger partial charge in [0.05, 0.1) is 22.3 Å². The molecule has 3 rings (SSSR count). The van der Waals surface area contributed by atoms with E-state index in [1.54, 1.807) is 0 Å². The summed E-state index contributed by atoms with van der Waals surface area (Å²) < 4.78 is 1.82. The number of rotatable bonds is 1. The molecule has 0 aliphatic rings. The minimum atomic E-state index is 0.392. The summed E-state index contributed by atoms with van der Waals surface area (Å²) in [6.07, 6.45) is 0. The second-order valence-electron chi connectivity index (χ2n) is 4.37. The standard InChI is InChI=1S/C15H12N4/c1-10-5-4-8-13(11(10)9-16)19-14-7-3-2-6-12(14)18-15(19)17/h2-8H,1H3,(H2,17,18). The van der Waals surface area contributed by atoms with Gasteiger partial charge in [-0.1, -0.05) is 24.3 Å². The van der Waals surface area contributed by atoms with Crippen molar-refractivity contribution in [1.82, 2.24) is 9.55 Å². The maximum Gasteiger partial charge on any atom is 0.205 e. The van der Waals surface area contributed by atoms with Crippen molar-refractivity contribution in [2.75, 3.05) is 5.73 Å². The Morgan fingerprint density at radius 1 is 1.16 bits per heavy atom. The van der Waals surface area contributed by atoms with Crippen LogP contribution in [0.1, 0.15) is 11.1 Å². The number of hydrogen-bond donors (Lipinski definition) is 1. The van der Waals surface area contributed by atoms with Gasteiger partial charge in [-0.3, -0.25) is 4.57 Å². The van der Waals surface area contributed by atoms with Crippen molar-refractivity contribution in [3.63, 3.8) is 0 Å². The first kappa shape index (κ1) is 11.3. The summed E-state index contributed by atoms with van der Waals surface area (Å²) in [5.41, 5.74) is 10.1. The van der Waals surface area contributed by atoms with Crippen molar-refractivity contribution in [3.05, 3.63) is 53.6 Å². The smallest absolute Gasteiger partial charge is 0.205 e. The van der Waals surface area contributed by atoms with Gasteiger partial charge >= 0.3 is 0 Å². The lowest BCUT2D eigenvalue weighted by Crippen LogP contribution is -2.03. The molecule has 1 aromatic heterocycles. The number of aromatic nitrogens is 2. The van der Waals surface area contributed by atoms with E-state index in [9.17, 15) is 5.26 Å². The molecule has 0 saturated heterocycles. The normalized spacial score (nSPS) is 10.5. The molecule has 2 N–H and O–H groups in total. The number of nitriles is 1. The zero-order chi connectivity index (χ0) is 13.4. The number of benzene rings is 2. The third-order valence-corrected chi connectivity index (χ3v) is 3.19. The number of hydrogen-bond acceptors (Lipinski definition) is 3. The van der Waals surface area contributed by atoms with Crippen molar-refractivity contribution in [2.45, 2.75) is 6.92 Å². The van der Waals surface area contributed by atoms with E-state index in [2.05, 4.69) is 11.1 Å². The van der Waals surface area contributed by atoms with Crippen LogP contribution < -0.4 is 5.73 Å². The summed E-state index contributed by atoms with van der Waals surface area (Å²) in [7, 11) is 0. The van der Waals surface area contributed by atoms with Gasteiger partial charge in [0.1, 0.15) is 6.07 Å². The van der Waals surface area contributed by atoms with Gasteiger partial charge in [0.25, 0.3) is 0 Å². The Morgan fingerprint density at radius 2 is 1.95 bits per heavy atom. The number of nitrogens with zero attached hydrogens (tertiary/aromatic N) is 3. The van der Waals surface area contributed by atoms with Crippen LogP contribution in [0.5, 0.6) is 0 Å². The van der Waals surface area contributed by atoms with Gasteiger partial charge in [0, 0.05) is 0 Å². The average molecular weight is 248 g/mol. The molecule has 0 fully saturated rings. The van der Waals surface area contributed by atoms with E-state index in [1.165, 1.54) is 0 Å². The molecule has 0 saturated carbocycles. The van der Waals surface area contributed by atoms with Crippen LogP contribution in [0, 0.1) is 18.3 Å². The first-order valence-electron chi connectivity index (χ1n) is 5.95. The summed E-state index contributed by atoms with van der Waals surface area (Å²) in [5.74, 6) is 0.392. The van der Waals surface area contributed by atoms with Crippen molar-refractivity contribution < 1.29 is 0 Å². The van der Waals surface area contributed by atoms with E-state index in [4.69, 9.17) is 5.73 Å². The number of anilines is 1. The number of aryl methyl sites for hydroxylation is 1. The Kier molecular flexibility index (Phi) is 2.46. The van der Waals surface area contributed by atoms with Gasteiger partial charge in [-0.05, 0) is 30.7 Å². The Labute approximate surface area is 110 Å². The molecule has 3 aromatic rings. The Hall–Kier alpha value is -2.80. The molecule has 0 bridgehead atoms. The molecule has 0 spiro atoms. The summed E-state index contributed by atoms with van der Waals surface area (Å²) in [4.78, 5) is 4.33. The van der Waals surface area contributed by atoms with Crippen LogP contribution >= 0.6 is 0 Å². The van der Waals surface area contributed by atoms with E-state index >= 15 is 0 Å². The van der Waals surface area contributed by atoms with Gasteiger partial charge in [0.15, 0.2) is 0 Å². The van der Waals surface area contributed by atoms with E-state index in [0.29, 0.717) is 11.5 Å². The van der Waals surface area contributed by atoms with Crippen LogP contribution in [0.2, 0.25) is 0 Å². The molecule has 4 heteroatoms. The largest absolute Gasteiger partial charge is 0.369 e. The number of nitrogen functional groups attached to an aromatic ring is 1. The lowest BCUT2D eigenvalue weighted by atomic mass is 10.1. The predicted molar refractivity (Wildman–Crippen MR) is 74.9 cm³/mol. The van der Waals surface area contributed by atoms with E-state index < -0.39 is 0 Å². The quantitative estimate of drug-likeness (QED) is 0.720. The third kappa shape index (κ3) is 1.64. The second kappa shape index (κ2) is 4.14. The number of para-hydroxylation sites is 2. The van der Waals surface area contributed by atoms with Crippen LogP contribution in [0.25, 0.3) is 16.7 Å². The lowest BCUT2D eigenvalue weighted by Gasteiger charge is -2.10. The fourth-order valence-electron chi connectivity index (χ4n) is 2.28. The van der Waals surface area contributed by atoms with Crippen LogP contribution in [-0.4, -0.2) is 9.55 Å². The maximum atomic E-state index is 9.34. The predicted octanol–water partition coefficient (Wildman–Crippen LogP) is 2.79. The monoisotopic (exact) mass is 248 g/mol. The van der Waals surface area contributed by atoms with E-state index in [-0.39, 0.29) is 0 Å². The lowest BCUT2D eigenvalue weighted by molar-refractivity contribution is 1.09. The second-order valence-corrected chi connectivity index (χ2v) is 4.37. The van der Waals surface area contributed by atoms with E-state index in [1.807, 2.05) is 54.0 Å². The highest BCUT2D eigenvalue weighted by atomic mass is 15.2. The fourth-order valence-corrected chi connectivity index (χ4v) is 2.28. The van der Waals surface area contributed by atoms with Gasteiger partial charge < -0.3 is 5.73 Å². The topological polar surface area (TPSA) is 67.6 Å². The van der Waals surface area contributed by atoms with Crippen LogP contribution in [-0.2, 0) is 0 Å². The molecular formula is C15H12N4. The first-order valence-corrected chi connectivity index (χ1v) is 5.95. The highest BCUT2D eigenvalue weighted by Gasteiger charge is 2.13. The molecule has 0 unspecified atom stereocenters. The van der Waals surface area contributed by atoms with Gasteiger partial charge in [-0.25, -0.2) is 4.98 Å². The first-order chi connectivity index (χ1) is 9.22. The fraction of sp³-hybridized carbons (Fsp3) is 0.0667. The molecule has 1 heterocycles. The highest BCUT2D eigenvalue weighted by molar-refractivity contribution is 5.81. The van der Waals surface area contributed by atoms with Crippen molar-refractivity contribution in [2.24, 2.45) is 0 Å². The molecule has 19 heavy (non-hydrogen) atoms. The van der Waals surface area contributed by atoms with Crippen molar-refractivity contribution in [1.29, 1.82) is 5.26 Å². The summed E-state index contributed by atoms with van der Waals surface area (Å²) in [6, 6.07) is 15.7. The summed E-state index contributed by atoms with van der Waals surface area (Å²) in [5, 5.41) is 9.34. The van der Waals surface area contributed by atoms with Crippen LogP contribution in [0.3, 0.4) is 0 Å². The zero-order valence-electron chi connectivity index (χ0n) is 10.5. The molecule has 0 radical (unpaired) electrons. The molecular weight excluding hydrogens is 236 g/mol. The number of imidazole rings is 1. The summed E-state index contributed by atoms with van der Waals surface area (Å²) >= 11 is 0. The van der Waals surface area contributed by atoms with Crippen LogP contribution in [0.4, 0.5) is 5.95 Å². The highest BCUT2D eigenvalue weighted by Crippen LogP contribution is 2.26. The third-order valence-electron chi connectivity index (χ3n) is 3.19. The summed E-state index contributed by atoms with van der Waals surface area (Å²) in [6.45, 7) is 1.91. The van der Waals surface area contributed by atoms with Gasteiger partial charge in [-0.15, -0.1) is 0 Å². The minimum Gasteiger partial charge on any atom is -0.369 e. The maximum absolute atomic E-state index is 9.34. The molecule has 92 valence electrons. The Bertz CT molecular complexity index is 809. The van der Waals surface area contributed by atoms with E-state index in [0.717, 1.165) is 22.3 Å². The van der Waals surface area contributed by atoms with Gasteiger partial charge in [-0.2, -0.15) is 5.26 Å².